The average Bonchev–Trinajstić information content (AvgIpc) is 2.77. The van der Waals surface area contributed by atoms with Crippen molar-refractivity contribution in [1.82, 2.24) is 0 Å². The molecule has 0 aliphatic heterocycles. The Bertz CT molecular complexity index is 606. The van der Waals surface area contributed by atoms with Crippen molar-refractivity contribution in [1.29, 1.82) is 0 Å². The lowest BCUT2D eigenvalue weighted by atomic mass is 10.3. The van der Waals surface area contributed by atoms with Gasteiger partial charge in [-0.15, -0.1) is 0 Å². The fourth-order valence-corrected chi connectivity index (χ4v) is 3.01. The first-order valence-electron chi connectivity index (χ1n) is 5.01. The van der Waals surface area contributed by atoms with E-state index in [0.29, 0.717) is 10.7 Å². The molecule has 2 rings (SSSR count). The molecule has 0 radical (unpaired) electrons. The molecule has 1 atom stereocenters. The molecule has 2 aromatic rings. The summed E-state index contributed by atoms with van der Waals surface area (Å²) in [5.41, 5.74) is 0.0660. The van der Waals surface area contributed by atoms with E-state index in [2.05, 4.69) is 15.9 Å². The molecule has 1 aromatic carbocycles. The van der Waals surface area contributed by atoms with Crippen molar-refractivity contribution in [2.75, 3.05) is 0 Å². The monoisotopic (exact) mass is 328 g/mol. The second kappa shape index (κ2) is 5.49. The largest absolute Gasteiger partial charge is 0.478 e. The highest BCUT2D eigenvalue weighted by Crippen LogP contribution is 2.18. The number of rotatable bonds is 4. The third kappa shape index (κ3) is 3.08. The van der Waals surface area contributed by atoms with Crippen LogP contribution in [0.3, 0.4) is 0 Å². The number of carbonyl (C=O) groups is 1. The third-order valence-electron chi connectivity index (χ3n) is 2.23. The molecule has 0 bridgehead atoms. The van der Waals surface area contributed by atoms with E-state index in [4.69, 9.17) is 9.52 Å². The van der Waals surface area contributed by atoms with Crippen LogP contribution in [0.2, 0.25) is 0 Å². The molecule has 1 N–H and O–H groups in total. The normalized spacial score (nSPS) is 12.3. The first-order valence-corrected chi connectivity index (χ1v) is 7.12. The number of carboxylic acids is 1. The van der Waals surface area contributed by atoms with E-state index in [9.17, 15) is 9.00 Å². The summed E-state index contributed by atoms with van der Waals surface area (Å²) in [6, 6.07) is 8.54. The summed E-state index contributed by atoms with van der Waals surface area (Å²) in [4.78, 5) is 11.3. The van der Waals surface area contributed by atoms with E-state index in [-0.39, 0.29) is 11.3 Å². The number of furan rings is 1. The highest BCUT2D eigenvalue weighted by Gasteiger charge is 2.12. The number of halogens is 1. The molecule has 0 fully saturated rings. The second-order valence-corrected chi connectivity index (χ2v) is 5.92. The van der Waals surface area contributed by atoms with Gasteiger partial charge in [0.05, 0.1) is 22.1 Å². The molecular formula is C12H9BrO4S. The topological polar surface area (TPSA) is 67.5 Å². The van der Waals surface area contributed by atoms with Crippen LogP contribution in [0.15, 0.2) is 50.4 Å². The number of hydrogen-bond donors (Lipinski definition) is 1. The van der Waals surface area contributed by atoms with Gasteiger partial charge in [-0.1, -0.05) is 22.0 Å². The number of carboxylic acid groups (broad SMARTS) is 1. The van der Waals surface area contributed by atoms with Crippen molar-refractivity contribution in [3.05, 3.63) is 52.4 Å². The van der Waals surface area contributed by atoms with Crippen molar-refractivity contribution in [3.63, 3.8) is 0 Å². The Labute approximate surface area is 114 Å². The van der Waals surface area contributed by atoms with Crippen molar-refractivity contribution < 1.29 is 18.5 Å². The van der Waals surface area contributed by atoms with Gasteiger partial charge in [-0.2, -0.15) is 0 Å². The third-order valence-corrected chi connectivity index (χ3v) is 4.05. The fraction of sp³-hybridized carbons (Fsp3) is 0.0833. The van der Waals surface area contributed by atoms with Crippen LogP contribution in [0.25, 0.3) is 0 Å². The van der Waals surface area contributed by atoms with Gasteiger partial charge in [-0.3, -0.25) is 4.21 Å². The van der Waals surface area contributed by atoms with Gasteiger partial charge in [0.1, 0.15) is 12.0 Å². The second-order valence-electron chi connectivity index (χ2n) is 3.55. The smallest absolute Gasteiger partial charge is 0.338 e. The van der Waals surface area contributed by atoms with Gasteiger partial charge in [0.25, 0.3) is 0 Å². The van der Waals surface area contributed by atoms with Crippen molar-refractivity contribution in [3.8, 4) is 0 Å². The first kappa shape index (κ1) is 13.0. The van der Waals surface area contributed by atoms with Crippen molar-refractivity contribution in [2.45, 2.75) is 10.6 Å². The van der Waals surface area contributed by atoms with Crippen LogP contribution in [0, 0.1) is 0 Å². The molecular weight excluding hydrogens is 320 g/mol. The minimum atomic E-state index is -1.26. The molecule has 0 aliphatic rings. The molecule has 0 saturated heterocycles. The minimum Gasteiger partial charge on any atom is -0.478 e. The molecule has 94 valence electrons. The van der Waals surface area contributed by atoms with E-state index in [1.165, 1.54) is 6.07 Å². The van der Waals surface area contributed by atoms with Gasteiger partial charge in [0.15, 0.2) is 0 Å². The standard InChI is InChI=1S/C12H9BrO4S/c13-9-2-1-3-11(5-9)18(16)7-10-4-8(6-17-10)12(14)15/h1-6H,7H2,(H,14,15). The summed E-state index contributed by atoms with van der Waals surface area (Å²) in [6.07, 6.45) is 1.15. The predicted molar refractivity (Wildman–Crippen MR) is 69.9 cm³/mol. The Morgan fingerprint density at radius 2 is 2.17 bits per heavy atom. The first-order chi connectivity index (χ1) is 8.56. The minimum absolute atomic E-state index is 0.0660. The van der Waals surface area contributed by atoms with E-state index in [1.807, 2.05) is 6.07 Å². The van der Waals surface area contributed by atoms with Crippen LogP contribution in [-0.2, 0) is 16.6 Å². The molecule has 1 heterocycles. The van der Waals surface area contributed by atoms with Crippen LogP contribution >= 0.6 is 15.9 Å². The number of aromatic carboxylic acids is 1. The van der Waals surface area contributed by atoms with Crippen LogP contribution < -0.4 is 0 Å². The Morgan fingerprint density at radius 1 is 1.39 bits per heavy atom. The van der Waals surface area contributed by atoms with Crippen LogP contribution in [0.5, 0.6) is 0 Å². The summed E-state index contributed by atoms with van der Waals surface area (Å²) in [5.74, 6) is -0.507. The highest BCUT2D eigenvalue weighted by molar-refractivity contribution is 9.10. The maximum Gasteiger partial charge on any atom is 0.338 e. The van der Waals surface area contributed by atoms with Crippen molar-refractivity contribution >= 4 is 32.7 Å². The fourth-order valence-electron chi connectivity index (χ4n) is 1.39. The highest BCUT2D eigenvalue weighted by atomic mass is 79.9. The molecule has 0 amide bonds. The Balaban J connectivity index is 2.13. The van der Waals surface area contributed by atoms with Crippen molar-refractivity contribution in [2.24, 2.45) is 0 Å². The van der Waals surface area contributed by atoms with E-state index < -0.39 is 16.8 Å². The van der Waals surface area contributed by atoms with E-state index in [1.54, 1.807) is 18.2 Å². The molecule has 1 unspecified atom stereocenters. The lowest BCUT2D eigenvalue weighted by Gasteiger charge is -2.00. The summed E-state index contributed by atoms with van der Waals surface area (Å²) < 4.78 is 17.9. The zero-order valence-corrected chi connectivity index (χ0v) is 11.5. The number of hydrogen-bond acceptors (Lipinski definition) is 3. The van der Waals surface area contributed by atoms with Crippen LogP contribution in [0.4, 0.5) is 0 Å². The maximum atomic E-state index is 12.0. The zero-order valence-electron chi connectivity index (χ0n) is 9.13. The van der Waals surface area contributed by atoms with E-state index >= 15 is 0 Å². The van der Waals surface area contributed by atoms with Gasteiger partial charge in [0.2, 0.25) is 0 Å². The number of benzene rings is 1. The summed E-state index contributed by atoms with van der Waals surface area (Å²) in [5, 5.41) is 8.74. The maximum absolute atomic E-state index is 12.0. The SMILES string of the molecule is O=C(O)c1coc(CS(=O)c2cccc(Br)c2)c1. The summed E-state index contributed by atoms with van der Waals surface area (Å²) in [6.45, 7) is 0. The van der Waals surface area contributed by atoms with Crippen LogP contribution in [-0.4, -0.2) is 15.3 Å². The summed E-state index contributed by atoms with van der Waals surface area (Å²) in [7, 11) is -1.26. The van der Waals surface area contributed by atoms with Gasteiger partial charge in [-0.25, -0.2) is 4.79 Å². The zero-order chi connectivity index (χ0) is 13.1. The molecule has 1 aromatic heterocycles. The summed E-state index contributed by atoms with van der Waals surface area (Å²) >= 11 is 3.30. The lowest BCUT2D eigenvalue weighted by Crippen LogP contribution is -1.96. The van der Waals surface area contributed by atoms with Gasteiger partial charge in [0, 0.05) is 9.37 Å². The Hall–Kier alpha value is -1.40. The molecule has 0 spiro atoms. The molecule has 0 aliphatic carbocycles. The predicted octanol–water partition coefficient (Wildman–Crippen LogP) is 3.05. The van der Waals surface area contributed by atoms with Gasteiger partial charge >= 0.3 is 5.97 Å². The molecule has 6 heteroatoms. The van der Waals surface area contributed by atoms with Gasteiger partial charge < -0.3 is 9.52 Å². The molecule has 0 saturated carbocycles. The molecule has 18 heavy (non-hydrogen) atoms. The van der Waals surface area contributed by atoms with Gasteiger partial charge in [-0.05, 0) is 24.3 Å². The van der Waals surface area contributed by atoms with E-state index in [0.717, 1.165) is 10.7 Å². The van der Waals surface area contributed by atoms with Crippen LogP contribution in [0.1, 0.15) is 16.1 Å². The molecule has 4 nitrogen and oxygen atoms in total. The average molecular weight is 329 g/mol. The quantitative estimate of drug-likeness (QED) is 0.936. The Kier molecular flexibility index (Phi) is 3.98. The Morgan fingerprint density at radius 3 is 2.78 bits per heavy atom. The lowest BCUT2D eigenvalue weighted by molar-refractivity contribution is 0.0696.